The average Bonchev–Trinajstić information content (AvgIpc) is 2.76. The van der Waals surface area contributed by atoms with Crippen LogP contribution in [0.4, 0.5) is 5.69 Å². The van der Waals surface area contributed by atoms with E-state index in [0.29, 0.717) is 0 Å². The Labute approximate surface area is 127 Å². The Bertz CT molecular complexity index is 606. The first-order valence-corrected chi connectivity index (χ1v) is 7.96. The van der Waals surface area contributed by atoms with Crippen molar-refractivity contribution < 1.29 is 0 Å². The number of fused-ring (bicyclic) bond motifs is 1. The largest absolute Gasteiger partial charge is 0.367 e. The predicted octanol–water partition coefficient (Wildman–Crippen LogP) is 4.05. The third-order valence-corrected chi connectivity index (χ3v) is 4.47. The van der Waals surface area contributed by atoms with Gasteiger partial charge in [-0.15, -0.1) is 0 Å². The lowest BCUT2D eigenvalue weighted by atomic mass is 10.0. The molecule has 0 saturated heterocycles. The summed E-state index contributed by atoms with van der Waals surface area (Å²) in [6.45, 7) is 4.24. The van der Waals surface area contributed by atoms with E-state index in [2.05, 4.69) is 60.4 Å². The van der Waals surface area contributed by atoms with Crippen LogP contribution in [-0.4, -0.2) is 6.54 Å². The van der Waals surface area contributed by atoms with Crippen LogP contribution in [0.2, 0.25) is 0 Å². The van der Waals surface area contributed by atoms with E-state index >= 15 is 0 Å². The molecule has 110 valence electrons. The summed E-state index contributed by atoms with van der Waals surface area (Å²) in [6.07, 6.45) is 3.35. The number of benzene rings is 2. The lowest BCUT2D eigenvalue weighted by molar-refractivity contribution is 0.685. The van der Waals surface area contributed by atoms with Crippen LogP contribution in [0.15, 0.2) is 48.5 Å². The molecule has 2 heteroatoms. The van der Waals surface area contributed by atoms with E-state index in [0.717, 1.165) is 19.5 Å². The van der Waals surface area contributed by atoms with Crippen LogP contribution >= 0.6 is 0 Å². The van der Waals surface area contributed by atoms with Crippen LogP contribution in [0.1, 0.15) is 42.5 Å². The summed E-state index contributed by atoms with van der Waals surface area (Å²) in [5.74, 6) is 0. The number of aryl methyl sites for hydroxylation is 1. The van der Waals surface area contributed by atoms with Gasteiger partial charge in [-0.05, 0) is 42.0 Å². The van der Waals surface area contributed by atoms with Crippen molar-refractivity contribution in [3.8, 4) is 0 Å². The van der Waals surface area contributed by atoms with Crippen LogP contribution in [0, 0.1) is 0 Å². The number of nitrogens with zero attached hydrogens (tertiary/aromatic N) is 1. The molecule has 21 heavy (non-hydrogen) atoms. The Morgan fingerprint density at radius 3 is 2.57 bits per heavy atom. The highest BCUT2D eigenvalue weighted by molar-refractivity contribution is 5.56. The number of anilines is 1. The Morgan fingerprint density at radius 2 is 1.76 bits per heavy atom. The zero-order valence-corrected chi connectivity index (χ0v) is 12.8. The highest BCUT2D eigenvalue weighted by Gasteiger charge is 2.18. The van der Waals surface area contributed by atoms with Crippen LogP contribution in [0.3, 0.4) is 0 Å². The molecule has 0 saturated carbocycles. The molecule has 1 unspecified atom stereocenters. The van der Waals surface area contributed by atoms with Gasteiger partial charge in [0.05, 0.1) is 0 Å². The predicted molar refractivity (Wildman–Crippen MR) is 89.5 cm³/mol. The second-order valence-corrected chi connectivity index (χ2v) is 5.87. The van der Waals surface area contributed by atoms with Crippen molar-refractivity contribution in [3.05, 3.63) is 65.2 Å². The number of para-hydroxylation sites is 1. The molecule has 0 fully saturated rings. The van der Waals surface area contributed by atoms with Gasteiger partial charge >= 0.3 is 0 Å². The molecule has 1 atom stereocenters. The standard InChI is InChI=1S/C19H24N2/c1-2-18(20)17-11-5-6-12-19(17)21-13-7-10-15-8-3-4-9-16(15)14-21/h3-6,8-9,11-12,18H,2,7,10,13-14,20H2,1H3. The van der Waals surface area contributed by atoms with Crippen molar-refractivity contribution >= 4 is 5.69 Å². The van der Waals surface area contributed by atoms with Gasteiger partial charge in [0.15, 0.2) is 0 Å². The summed E-state index contributed by atoms with van der Waals surface area (Å²) in [5, 5.41) is 0. The minimum absolute atomic E-state index is 0.125. The quantitative estimate of drug-likeness (QED) is 0.919. The van der Waals surface area contributed by atoms with Crippen molar-refractivity contribution in [2.75, 3.05) is 11.4 Å². The van der Waals surface area contributed by atoms with Gasteiger partial charge < -0.3 is 10.6 Å². The van der Waals surface area contributed by atoms with Gasteiger partial charge in [-0.25, -0.2) is 0 Å². The molecule has 0 bridgehead atoms. The van der Waals surface area contributed by atoms with E-state index in [4.69, 9.17) is 5.73 Å². The van der Waals surface area contributed by atoms with Crippen LogP contribution < -0.4 is 10.6 Å². The fourth-order valence-corrected chi connectivity index (χ4v) is 3.22. The van der Waals surface area contributed by atoms with Crippen LogP contribution in [0.5, 0.6) is 0 Å². The molecule has 1 aliphatic heterocycles. The molecule has 0 aromatic heterocycles. The zero-order chi connectivity index (χ0) is 14.7. The third kappa shape index (κ3) is 2.96. The van der Waals surface area contributed by atoms with E-state index < -0.39 is 0 Å². The molecule has 2 aromatic carbocycles. The Kier molecular flexibility index (Phi) is 4.26. The smallest absolute Gasteiger partial charge is 0.0432 e. The summed E-state index contributed by atoms with van der Waals surface area (Å²) in [7, 11) is 0. The molecule has 3 rings (SSSR count). The van der Waals surface area contributed by atoms with Crippen molar-refractivity contribution in [3.63, 3.8) is 0 Å². The lowest BCUT2D eigenvalue weighted by Gasteiger charge is -2.27. The third-order valence-electron chi connectivity index (χ3n) is 4.47. The first-order valence-electron chi connectivity index (χ1n) is 7.96. The molecule has 2 aromatic rings. The topological polar surface area (TPSA) is 29.3 Å². The van der Waals surface area contributed by atoms with E-state index in [1.54, 1.807) is 0 Å². The molecular weight excluding hydrogens is 256 g/mol. The highest BCUT2D eigenvalue weighted by Crippen LogP contribution is 2.30. The van der Waals surface area contributed by atoms with Gasteiger partial charge in [-0.1, -0.05) is 49.4 Å². The Hall–Kier alpha value is -1.80. The maximum Gasteiger partial charge on any atom is 0.0432 e. The molecule has 1 aliphatic rings. The van der Waals surface area contributed by atoms with Gasteiger partial charge in [0.1, 0.15) is 0 Å². The maximum absolute atomic E-state index is 6.31. The highest BCUT2D eigenvalue weighted by atomic mass is 15.1. The fraction of sp³-hybridized carbons (Fsp3) is 0.368. The Balaban J connectivity index is 1.94. The first kappa shape index (κ1) is 14.2. The maximum atomic E-state index is 6.31. The molecule has 0 radical (unpaired) electrons. The summed E-state index contributed by atoms with van der Waals surface area (Å²) < 4.78 is 0. The number of hydrogen-bond acceptors (Lipinski definition) is 2. The summed E-state index contributed by atoms with van der Waals surface area (Å²) in [6, 6.07) is 17.6. The minimum atomic E-state index is 0.125. The molecule has 0 amide bonds. The SMILES string of the molecule is CCC(N)c1ccccc1N1CCCc2ccccc2C1. The Morgan fingerprint density at radius 1 is 1.05 bits per heavy atom. The van der Waals surface area contributed by atoms with Crippen molar-refractivity contribution in [2.24, 2.45) is 5.73 Å². The molecular formula is C19H24N2. The molecule has 2 N–H and O–H groups in total. The summed E-state index contributed by atoms with van der Waals surface area (Å²) in [4.78, 5) is 2.50. The summed E-state index contributed by atoms with van der Waals surface area (Å²) in [5.41, 5.74) is 11.8. The number of nitrogens with two attached hydrogens (primary N) is 1. The van der Waals surface area contributed by atoms with E-state index in [1.165, 1.54) is 35.2 Å². The molecule has 0 aliphatic carbocycles. The lowest BCUT2D eigenvalue weighted by Crippen LogP contribution is -2.25. The van der Waals surface area contributed by atoms with Gasteiger partial charge in [-0.2, -0.15) is 0 Å². The minimum Gasteiger partial charge on any atom is -0.367 e. The van der Waals surface area contributed by atoms with Crippen LogP contribution in [0.25, 0.3) is 0 Å². The average molecular weight is 280 g/mol. The molecule has 1 heterocycles. The molecule has 0 spiro atoms. The second kappa shape index (κ2) is 6.31. The number of rotatable bonds is 3. The van der Waals surface area contributed by atoms with E-state index in [9.17, 15) is 0 Å². The van der Waals surface area contributed by atoms with E-state index in [1.807, 2.05) is 0 Å². The fourth-order valence-electron chi connectivity index (χ4n) is 3.22. The van der Waals surface area contributed by atoms with Gasteiger partial charge in [0.2, 0.25) is 0 Å². The number of hydrogen-bond donors (Lipinski definition) is 1. The van der Waals surface area contributed by atoms with E-state index in [-0.39, 0.29) is 6.04 Å². The van der Waals surface area contributed by atoms with Gasteiger partial charge in [-0.3, -0.25) is 0 Å². The van der Waals surface area contributed by atoms with Gasteiger partial charge in [0, 0.05) is 24.8 Å². The van der Waals surface area contributed by atoms with Crippen molar-refractivity contribution in [2.45, 2.75) is 38.8 Å². The normalized spacial score (nSPS) is 16.2. The second-order valence-electron chi connectivity index (χ2n) is 5.87. The van der Waals surface area contributed by atoms with Gasteiger partial charge in [0.25, 0.3) is 0 Å². The molecule has 2 nitrogen and oxygen atoms in total. The monoisotopic (exact) mass is 280 g/mol. The van der Waals surface area contributed by atoms with Crippen molar-refractivity contribution in [1.29, 1.82) is 0 Å². The van der Waals surface area contributed by atoms with Crippen molar-refractivity contribution in [1.82, 2.24) is 0 Å². The first-order chi connectivity index (χ1) is 10.3. The summed E-state index contributed by atoms with van der Waals surface area (Å²) >= 11 is 0. The van der Waals surface area contributed by atoms with Crippen LogP contribution in [-0.2, 0) is 13.0 Å². The zero-order valence-electron chi connectivity index (χ0n) is 12.8.